The summed E-state index contributed by atoms with van der Waals surface area (Å²) < 4.78 is 1.02. The molecular weight excluding hydrogens is 242 g/mol. The molecule has 0 amide bonds. The number of nitriles is 1. The highest BCUT2D eigenvalue weighted by Crippen LogP contribution is 2.36. The Morgan fingerprint density at radius 3 is 2.78 bits per heavy atom. The van der Waals surface area contributed by atoms with Crippen LogP contribution in [-0.2, 0) is 0 Å². The zero-order valence-electron chi connectivity index (χ0n) is 9.42. The first-order valence-electron chi connectivity index (χ1n) is 5.47. The van der Waals surface area contributed by atoms with Crippen LogP contribution in [0.2, 0.25) is 0 Å². The van der Waals surface area contributed by atoms with Gasteiger partial charge in [-0.2, -0.15) is 5.26 Å². The Morgan fingerprint density at radius 1 is 1.17 bits per heavy atom. The number of para-hydroxylation sites is 1. The van der Waals surface area contributed by atoms with E-state index in [-0.39, 0.29) is 0 Å². The topological polar surface area (TPSA) is 48.7 Å². The van der Waals surface area contributed by atoms with Crippen LogP contribution in [0, 0.1) is 11.3 Å². The smallest absolute Gasteiger partial charge is 0.112 e. The molecule has 0 saturated heterocycles. The summed E-state index contributed by atoms with van der Waals surface area (Å²) in [6, 6.07) is 14.0. The summed E-state index contributed by atoms with van der Waals surface area (Å²) in [5.74, 6) is 0. The summed E-state index contributed by atoms with van der Waals surface area (Å²) in [6.07, 6.45) is 3.50. The number of anilines is 2. The fourth-order valence-corrected chi connectivity index (χ4v) is 2.84. The monoisotopic (exact) mass is 251 g/mol. The van der Waals surface area contributed by atoms with Gasteiger partial charge in [0.1, 0.15) is 11.1 Å². The van der Waals surface area contributed by atoms with E-state index < -0.39 is 0 Å². The highest BCUT2D eigenvalue weighted by atomic mass is 32.1. The van der Waals surface area contributed by atoms with Crippen LogP contribution in [-0.4, -0.2) is 4.98 Å². The molecule has 3 aromatic rings. The van der Waals surface area contributed by atoms with Crippen molar-refractivity contribution in [2.24, 2.45) is 0 Å². The molecule has 0 aliphatic rings. The minimum atomic E-state index is 0.682. The van der Waals surface area contributed by atoms with E-state index in [1.54, 1.807) is 23.7 Å². The lowest BCUT2D eigenvalue weighted by Crippen LogP contribution is -1.88. The van der Waals surface area contributed by atoms with E-state index in [0.29, 0.717) is 5.56 Å². The van der Waals surface area contributed by atoms with E-state index in [2.05, 4.69) is 16.4 Å². The van der Waals surface area contributed by atoms with Gasteiger partial charge in [0.2, 0.25) is 0 Å². The summed E-state index contributed by atoms with van der Waals surface area (Å²) in [5.41, 5.74) is 1.66. The van der Waals surface area contributed by atoms with Gasteiger partial charge in [-0.15, -0.1) is 11.3 Å². The molecule has 0 atom stereocenters. The van der Waals surface area contributed by atoms with E-state index in [9.17, 15) is 5.26 Å². The molecule has 0 fully saturated rings. The standard InChI is InChI=1S/C14H9N3S/c15-8-12-11-6-7-16-9-13(11)18-14(12)17-10-4-2-1-3-5-10/h1-7,9,17H. The van der Waals surface area contributed by atoms with Crippen molar-refractivity contribution in [1.82, 2.24) is 4.98 Å². The second-order valence-corrected chi connectivity index (χ2v) is 4.83. The van der Waals surface area contributed by atoms with Crippen molar-refractivity contribution in [2.45, 2.75) is 0 Å². The van der Waals surface area contributed by atoms with Gasteiger partial charge < -0.3 is 5.32 Å². The number of pyridine rings is 1. The van der Waals surface area contributed by atoms with Crippen LogP contribution in [0.15, 0.2) is 48.8 Å². The number of benzene rings is 1. The third-order valence-corrected chi connectivity index (χ3v) is 3.69. The third-order valence-electron chi connectivity index (χ3n) is 2.64. The van der Waals surface area contributed by atoms with Gasteiger partial charge in [-0.05, 0) is 18.2 Å². The Labute approximate surface area is 108 Å². The number of aromatic nitrogens is 1. The van der Waals surface area contributed by atoms with E-state index in [1.165, 1.54) is 0 Å². The molecule has 18 heavy (non-hydrogen) atoms. The van der Waals surface area contributed by atoms with Crippen molar-refractivity contribution >= 4 is 32.1 Å². The van der Waals surface area contributed by atoms with Crippen molar-refractivity contribution in [3.8, 4) is 6.07 Å². The van der Waals surface area contributed by atoms with E-state index in [4.69, 9.17) is 0 Å². The van der Waals surface area contributed by atoms with Crippen molar-refractivity contribution in [3.63, 3.8) is 0 Å². The molecule has 0 spiro atoms. The first-order chi connectivity index (χ1) is 8.88. The van der Waals surface area contributed by atoms with Crippen LogP contribution >= 0.6 is 11.3 Å². The molecule has 86 valence electrons. The fourth-order valence-electron chi connectivity index (χ4n) is 1.80. The van der Waals surface area contributed by atoms with Gasteiger partial charge in [0.05, 0.1) is 10.3 Å². The molecule has 0 aliphatic heterocycles. The molecule has 0 radical (unpaired) electrons. The molecule has 1 aromatic carbocycles. The summed E-state index contributed by atoms with van der Waals surface area (Å²) in [5, 5.41) is 14.4. The molecule has 1 N–H and O–H groups in total. The number of fused-ring (bicyclic) bond motifs is 1. The summed E-state index contributed by atoms with van der Waals surface area (Å²) in [7, 11) is 0. The zero-order chi connectivity index (χ0) is 12.4. The normalized spacial score (nSPS) is 10.2. The predicted octanol–water partition coefficient (Wildman–Crippen LogP) is 3.91. The van der Waals surface area contributed by atoms with Crippen LogP contribution in [0.1, 0.15) is 5.56 Å². The molecule has 3 rings (SSSR count). The minimum Gasteiger partial charge on any atom is -0.346 e. The Balaban J connectivity index is 2.10. The summed E-state index contributed by atoms with van der Waals surface area (Å²) in [4.78, 5) is 4.08. The average molecular weight is 251 g/mol. The number of nitrogens with zero attached hydrogens (tertiary/aromatic N) is 2. The number of thiophene rings is 1. The molecule has 0 saturated carbocycles. The van der Waals surface area contributed by atoms with Gasteiger partial charge in [0, 0.05) is 23.5 Å². The second kappa shape index (κ2) is 4.47. The van der Waals surface area contributed by atoms with Crippen molar-refractivity contribution < 1.29 is 0 Å². The van der Waals surface area contributed by atoms with Crippen LogP contribution < -0.4 is 5.32 Å². The van der Waals surface area contributed by atoms with Crippen LogP contribution in [0.3, 0.4) is 0 Å². The maximum absolute atomic E-state index is 9.28. The highest BCUT2D eigenvalue weighted by molar-refractivity contribution is 7.23. The fraction of sp³-hybridized carbons (Fsp3) is 0. The molecular formula is C14H9N3S. The van der Waals surface area contributed by atoms with Gasteiger partial charge in [-0.3, -0.25) is 4.98 Å². The van der Waals surface area contributed by atoms with Gasteiger partial charge in [-0.25, -0.2) is 0 Å². The van der Waals surface area contributed by atoms with Gasteiger partial charge in [0.15, 0.2) is 0 Å². The van der Waals surface area contributed by atoms with E-state index >= 15 is 0 Å². The van der Waals surface area contributed by atoms with Gasteiger partial charge in [0.25, 0.3) is 0 Å². The first-order valence-corrected chi connectivity index (χ1v) is 6.29. The number of rotatable bonds is 2. The zero-order valence-corrected chi connectivity index (χ0v) is 10.2. The Kier molecular flexibility index (Phi) is 2.67. The summed E-state index contributed by atoms with van der Waals surface area (Å²) in [6.45, 7) is 0. The first kappa shape index (κ1) is 10.8. The van der Waals surface area contributed by atoms with Gasteiger partial charge >= 0.3 is 0 Å². The maximum atomic E-state index is 9.28. The highest BCUT2D eigenvalue weighted by Gasteiger charge is 2.11. The van der Waals surface area contributed by atoms with Crippen LogP contribution in [0.25, 0.3) is 10.1 Å². The molecule has 0 aliphatic carbocycles. The molecule has 2 heterocycles. The van der Waals surface area contributed by atoms with Crippen molar-refractivity contribution in [2.75, 3.05) is 5.32 Å². The number of hydrogen-bond acceptors (Lipinski definition) is 4. The van der Waals surface area contributed by atoms with Crippen molar-refractivity contribution in [1.29, 1.82) is 5.26 Å². The second-order valence-electron chi connectivity index (χ2n) is 3.78. The molecule has 2 aromatic heterocycles. The van der Waals surface area contributed by atoms with E-state index in [0.717, 1.165) is 20.8 Å². The Morgan fingerprint density at radius 2 is 2.00 bits per heavy atom. The lowest BCUT2D eigenvalue weighted by atomic mass is 10.2. The van der Waals surface area contributed by atoms with Crippen LogP contribution in [0.4, 0.5) is 10.7 Å². The molecule has 0 bridgehead atoms. The maximum Gasteiger partial charge on any atom is 0.112 e. The van der Waals surface area contributed by atoms with Gasteiger partial charge in [-0.1, -0.05) is 18.2 Å². The largest absolute Gasteiger partial charge is 0.346 e. The third kappa shape index (κ3) is 1.81. The number of hydrogen-bond donors (Lipinski definition) is 1. The number of nitrogens with one attached hydrogen (secondary N) is 1. The van der Waals surface area contributed by atoms with E-state index in [1.807, 2.05) is 36.4 Å². The minimum absolute atomic E-state index is 0.682. The SMILES string of the molecule is N#Cc1c(Nc2ccccc2)sc2cnccc12. The predicted molar refractivity (Wildman–Crippen MR) is 74.1 cm³/mol. The Hall–Kier alpha value is -2.38. The molecule has 0 unspecified atom stereocenters. The van der Waals surface area contributed by atoms with Crippen molar-refractivity contribution in [3.05, 3.63) is 54.4 Å². The quantitative estimate of drug-likeness (QED) is 0.751. The summed E-state index contributed by atoms with van der Waals surface area (Å²) >= 11 is 1.55. The van der Waals surface area contributed by atoms with Crippen LogP contribution in [0.5, 0.6) is 0 Å². The molecule has 4 heteroatoms. The molecule has 3 nitrogen and oxygen atoms in total. The Bertz CT molecular complexity index is 726. The average Bonchev–Trinajstić information content (AvgIpc) is 2.77. The lowest BCUT2D eigenvalue weighted by molar-refractivity contribution is 1.37. The lowest BCUT2D eigenvalue weighted by Gasteiger charge is -2.02.